The Kier molecular flexibility index (Phi) is 6.32. The second-order valence-corrected chi connectivity index (χ2v) is 7.80. The number of carbonyl (C=O) groups is 1. The van der Waals surface area contributed by atoms with Gasteiger partial charge in [-0.25, -0.2) is 0 Å². The average Bonchev–Trinajstić information content (AvgIpc) is 2.78. The topological polar surface area (TPSA) is 175 Å². The summed E-state index contributed by atoms with van der Waals surface area (Å²) in [5.41, 5.74) is 0.456. The molecule has 2 aliphatic rings. The molecule has 2 aliphatic heterocycles. The summed E-state index contributed by atoms with van der Waals surface area (Å²) in [5, 5.41) is 59.7. The highest BCUT2D eigenvalue weighted by Gasteiger charge is 2.45. The lowest BCUT2D eigenvalue weighted by Crippen LogP contribution is -2.60. The van der Waals surface area contributed by atoms with E-state index in [2.05, 4.69) is 0 Å². The van der Waals surface area contributed by atoms with Crippen LogP contribution in [0.25, 0.3) is 0 Å². The summed E-state index contributed by atoms with van der Waals surface area (Å²) in [6.07, 6.45) is -8.35. The smallest absolute Gasteiger partial charge is 0.229 e. The molecule has 11 nitrogen and oxygen atoms in total. The van der Waals surface area contributed by atoms with Gasteiger partial charge in [-0.05, 0) is 17.7 Å². The van der Waals surface area contributed by atoms with Crippen molar-refractivity contribution >= 4 is 5.78 Å². The lowest BCUT2D eigenvalue weighted by atomic mass is 9.95. The molecular weight excluding hydrogens is 440 g/mol. The standard InChI is InChI=1S/C22H24O11/c1-30-14-3-2-9(4-11(14)24)15-7-13(26)18-12(25)5-10(6-16(18)32-15)31-22-21(29)20(28)19(27)17(8-23)33-22/h2-6,15,17,19-25,27-29H,7-8H2,1H3/t15-,17-,19-,20+,21-,22+/m1/s1. The first-order valence-electron chi connectivity index (χ1n) is 10.1. The summed E-state index contributed by atoms with van der Waals surface area (Å²) in [6, 6.07) is 7.01. The third-order valence-electron chi connectivity index (χ3n) is 5.65. The predicted octanol–water partition coefficient (Wildman–Crippen LogP) is -0.00840. The van der Waals surface area contributed by atoms with Gasteiger partial charge in [0.25, 0.3) is 0 Å². The van der Waals surface area contributed by atoms with E-state index in [4.69, 9.17) is 18.9 Å². The van der Waals surface area contributed by atoms with Crippen molar-refractivity contribution < 1.29 is 54.4 Å². The molecule has 2 aromatic carbocycles. The van der Waals surface area contributed by atoms with E-state index in [9.17, 15) is 35.4 Å². The third-order valence-corrected chi connectivity index (χ3v) is 5.65. The van der Waals surface area contributed by atoms with Crippen molar-refractivity contribution in [1.29, 1.82) is 0 Å². The number of fused-ring (bicyclic) bond motifs is 1. The molecule has 4 rings (SSSR count). The van der Waals surface area contributed by atoms with Crippen molar-refractivity contribution in [2.24, 2.45) is 0 Å². The average molecular weight is 464 g/mol. The Bertz CT molecular complexity index is 1040. The maximum atomic E-state index is 12.7. The van der Waals surface area contributed by atoms with Gasteiger partial charge in [0.2, 0.25) is 6.29 Å². The molecule has 1 saturated heterocycles. The van der Waals surface area contributed by atoms with E-state index in [0.29, 0.717) is 5.56 Å². The van der Waals surface area contributed by atoms with Crippen LogP contribution in [0.5, 0.6) is 28.7 Å². The van der Waals surface area contributed by atoms with Crippen molar-refractivity contribution in [1.82, 2.24) is 0 Å². The zero-order valence-corrected chi connectivity index (χ0v) is 17.5. The van der Waals surface area contributed by atoms with E-state index >= 15 is 0 Å². The van der Waals surface area contributed by atoms with Crippen LogP contribution in [0, 0.1) is 0 Å². The number of aliphatic hydroxyl groups is 4. The fourth-order valence-electron chi connectivity index (χ4n) is 3.87. The maximum absolute atomic E-state index is 12.7. The molecule has 0 aliphatic carbocycles. The third kappa shape index (κ3) is 4.28. The van der Waals surface area contributed by atoms with Gasteiger partial charge in [0.1, 0.15) is 53.3 Å². The van der Waals surface area contributed by atoms with Gasteiger partial charge in [-0.2, -0.15) is 0 Å². The van der Waals surface area contributed by atoms with E-state index in [1.807, 2.05) is 0 Å². The minimum absolute atomic E-state index is 0.00569. The van der Waals surface area contributed by atoms with E-state index in [1.165, 1.54) is 25.3 Å². The molecule has 0 radical (unpaired) electrons. The fourth-order valence-corrected chi connectivity index (χ4v) is 3.87. The number of aliphatic hydroxyl groups excluding tert-OH is 4. The number of carbonyl (C=O) groups excluding carboxylic acids is 1. The maximum Gasteiger partial charge on any atom is 0.229 e. The zero-order chi connectivity index (χ0) is 23.9. The number of hydrogen-bond acceptors (Lipinski definition) is 11. The molecule has 0 bridgehead atoms. The van der Waals surface area contributed by atoms with Crippen LogP contribution < -0.4 is 14.2 Å². The highest BCUT2D eigenvalue weighted by atomic mass is 16.7. The molecule has 6 N–H and O–H groups in total. The molecule has 2 aromatic rings. The van der Waals surface area contributed by atoms with Gasteiger partial charge in [-0.1, -0.05) is 6.07 Å². The lowest BCUT2D eigenvalue weighted by Gasteiger charge is -2.39. The summed E-state index contributed by atoms with van der Waals surface area (Å²) < 4.78 is 21.7. The first-order chi connectivity index (χ1) is 15.7. The molecular formula is C22H24O11. The van der Waals surface area contributed by atoms with Gasteiger partial charge in [-0.15, -0.1) is 0 Å². The van der Waals surface area contributed by atoms with Gasteiger partial charge >= 0.3 is 0 Å². The van der Waals surface area contributed by atoms with Gasteiger partial charge < -0.3 is 49.6 Å². The number of benzene rings is 2. The first-order valence-corrected chi connectivity index (χ1v) is 10.1. The van der Waals surface area contributed by atoms with E-state index < -0.39 is 54.9 Å². The summed E-state index contributed by atoms with van der Waals surface area (Å²) in [7, 11) is 1.41. The molecule has 0 saturated carbocycles. The Morgan fingerprint density at radius 1 is 1.03 bits per heavy atom. The van der Waals surface area contributed by atoms with E-state index in [1.54, 1.807) is 6.07 Å². The van der Waals surface area contributed by atoms with Crippen LogP contribution >= 0.6 is 0 Å². The van der Waals surface area contributed by atoms with Gasteiger partial charge in [-0.3, -0.25) is 4.79 Å². The number of Topliss-reactive ketones (excluding diaryl/α,β-unsaturated/α-hetero) is 1. The van der Waals surface area contributed by atoms with Crippen molar-refractivity contribution in [3.05, 3.63) is 41.5 Å². The Hall–Kier alpha value is -3.09. The molecule has 11 heteroatoms. The summed E-state index contributed by atoms with van der Waals surface area (Å²) in [4.78, 5) is 12.7. The molecule has 0 aromatic heterocycles. The van der Waals surface area contributed by atoms with E-state index in [-0.39, 0.29) is 35.0 Å². The summed E-state index contributed by atoms with van der Waals surface area (Å²) in [5.74, 6) is -0.733. The Balaban J connectivity index is 1.60. The number of hydrogen-bond donors (Lipinski definition) is 6. The molecule has 1 fully saturated rings. The van der Waals surface area contributed by atoms with E-state index in [0.717, 1.165) is 6.07 Å². The van der Waals surface area contributed by atoms with Gasteiger partial charge in [0, 0.05) is 12.1 Å². The van der Waals surface area contributed by atoms with Crippen molar-refractivity contribution in [2.75, 3.05) is 13.7 Å². The number of phenols is 2. The monoisotopic (exact) mass is 464 g/mol. The molecule has 0 spiro atoms. The van der Waals surface area contributed by atoms with Crippen molar-refractivity contribution in [3.63, 3.8) is 0 Å². The number of rotatable bonds is 5. The van der Waals surface area contributed by atoms with Gasteiger partial charge in [0.15, 0.2) is 17.3 Å². The quantitative estimate of drug-likeness (QED) is 0.351. The van der Waals surface area contributed by atoms with Crippen molar-refractivity contribution in [2.45, 2.75) is 43.2 Å². The van der Waals surface area contributed by atoms with Crippen LogP contribution in [0.15, 0.2) is 30.3 Å². The Morgan fingerprint density at radius 2 is 1.79 bits per heavy atom. The largest absolute Gasteiger partial charge is 0.507 e. The fraction of sp³-hybridized carbons (Fsp3) is 0.409. The second-order valence-electron chi connectivity index (χ2n) is 7.80. The number of aromatic hydroxyl groups is 2. The Morgan fingerprint density at radius 3 is 2.45 bits per heavy atom. The molecule has 2 heterocycles. The molecule has 0 amide bonds. The molecule has 33 heavy (non-hydrogen) atoms. The van der Waals surface area contributed by atoms with Crippen molar-refractivity contribution in [3.8, 4) is 28.7 Å². The highest BCUT2D eigenvalue weighted by Crippen LogP contribution is 2.43. The van der Waals surface area contributed by atoms with Crippen LogP contribution in [0.2, 0.25) is 0 Å². The zero-order valence-electron chi connectivity index (χ0n) is 17.5. The van der Waals surface area contributed by atoms with Crippen LogP contribution in [-0.4, -0.2) is 80.8 Å². The SMILES string of the molecule is COc1ccc([C@H]2CC(=O)c3c(O)cc(O[C@H]4O[C@H](CO)[C@@H](O)[C@H](O)[C@H]4O)cc3O2)cc1O. The normalized spacial score (nSPS) is 29.2. The van der Waals surface area contributed by atoms with Crippen LogP contribution in [-0.2, 0) is 4.74 Å². The minimum Gasteiger partial charge on any atom is -0.507 e. The number of methoxy groups -OCH3 is 1. The number of phenolic OH excluding ortho intramolecular Hbond substituents is 2. The summed E-state index contributed by atoms with van der Waals surface area (Å²) >= 11 is 0. The predicted molar refractivity (Wildman–Crippen MR) is 109 cm³/mol. The van der Waals surface area contributed by atoms with Gasteiger partial charge in [0.05, 0.1) is 20.1 Å². The second kappa shape index (κ2) is 9.04. The molecule has 0 unspecified atom stereocenters. The van der Waals surface area contributed by atoms with Crippen LogP contribution in [0.3, 0.4) is 0 Å². The summed E-state index contributed by atoms with van der Waals surface area (Å²) in [6.45, 7) is -0.631. The Labute approximate surface area is 188 Å². The number of ketones is 1. The number of ether oxygens (including phenoxy) is 4. The highest BCUT2D eigenvalue weighted by molar-refractivity contribution is 6.02. The minimum atomic E-state index is -1.65. The molecule has 178 valence electrons. The lowest BCUT2D eigenvalue weighted by molar-refractivity contribution is -0.277. The van der Waals surface area contributed by atoms with Crippen LogP contribution in [0.1, 0.15) is 28.4 Å². The van der Waals surface area contributed by atoms with Crippen LogP contribution in [0.4, 0.5) is 0 Å². The first kappa shape index (κ1) is 23.1. The molecule has 6 atom stereocenters.